The second kappa shape index (κ2) is 8.07. The van der Waals surface area contributed by atoms with Gasteiger partial charge in [-0.25, -0.2) is 0 Å². The number of nitrogens with zero attached hydrogens (tertiary/aromatic N) is 3. The van der Waals surface area contributed by atoms with Crippen molar-refractivity contribution >= 4 is 23.4 Å². The quantitative estimate of drug-likeness (QED) is 0.791. The van der Waals surface area contributed by atoms with Crippen LogP contribution in [0.4, 0.5) is 5.69 Å². The molecule has 0 spiro atoms. The number of carbonyl (C=O) groups excluding carboxylic acids is 3. The first-order chi connectivity index (χ1) is 14.0. The van der Waals surface area contributed by atoms with Crippen LogP contribution in [0.2, 0.25) is 0 Å². The number of anilines is 1. The van der Waals surface area contributed by atoms with Gasteiger partial charge in [-0.15, -0.1) is 0 Å². The summed E-state index contributed by atoms with van der Waals surface area (Å²) in [5, 5.41) is 0. The molecular weight excluding hydrogens is 366 g/mol. The third-order valence-electron chi connectivity index (χ3n) is 5.69. The van der Waals surface area contributed by atoms with Crippen LogP contribution in [-0.4, -0.2) is 60.2 Å². The van der Waals surface area contributed by atoms with E-state index in [-0.39, 0.29) is 17.7 Å². The predicted molar refractivity (Wildman–Crippen MR) is 111 cm³/mol. The van der Waals surface area contributed by atoms with Gasteiger partial charge < -0.3 is 14.7 Å². The van der Waals surface area contributed by atoms with Crippen molar-refractivity contribution in [1.29, 1.82) is 0 Å². The number of benzene rings is 2. The van der Waals surface area contributed by atoms with Crippen molar-refractivity contribution in [3.63, 3.8) is 0 Å². The number of amides is 3. The van der Waals surface area contributed by atoms with E-state index in [1.165, 1.54) is 0 Å². The van der Waals surface area contributed by atoms with Crippen LogP contribution in [0.5, 0.6) is 0 Å². The molecule has 0 bridgehead atoms. The van der Waals surface area contributed by atoms with Gasteiger partial charge in [0.1, 0.15) is 0 Å². The molecule has 0 aromatic heterocycles. The summed E-state index contributed by atoms with van der Waals surface area (Å²) in [7, 11) is 0. The van der Waals surface area contributed by atoms with Gasteiger partial charge in [0.2, 0.25) is 5.91 Å². The highest BCUT2D eigenvalue weighted by Crippen LogP contribution is 2.29. The van der Waals surface area contributed by atoms with E-state index in [1.54, 1.807) is 17.9 Å². The molecule has 6 nitrogen and oxygen atoms in total. The monoisotopic (exact) mass is 391 g/mol. The van der Waals surface area contributed by atoms with E-state index in [0.717, 1.165) is 24.1 Å². The Bertz CT molecular complexity index is 942. The first-order valence-corrected chi connectivity index (χ1v) is 10.1. The largest absolute Gasteiger partial charge is 0.337 e. The molecule has 2 aliphatic rings. The van der Waals surface area contributed by atoms with E-state index in [4.69, 9.17) is 0 Å². The molecule has 2 aromatic rings. The summed E-state index contributed by atoms with van der Waals surface area (Å²) in [6, 6.07) is 14.9. The highest BCUT2D eigenvalue weighted by molar-refractivity contribution is 5.98. The van der Waals surface area contributed by atoms with Crippen LogP contribution in [0.3, 0.4) is 0 Å². The van der Waals surface area contributed by atoms with Crippen molar-refractivity contribution in [2.45, 2.75) is 19.8 Å². The van der Waals surface area contributed by atoms with E-state index >= 15 is 0 Å². The Hall–Kier alpha value is -3.15. The maximum absolute atomic E-state index is 13.1. The maximum Gasteiger partial charge on any atom is 0.253 e. The SMILES string of the molecule is CC(=O)N1CCc2cc(C(=O)N3CCCN(C(=O)c4ccccc4)CC3)ccc21. The molecule has 29 heavy (non-hydrogen) atoms. The summed E-state index contributed by atoms with van der Waals surface area (Å²) in [5.74, 6) is 0.0309. The second-order valence-electron chi connectivity index (χ2n) is 7.57. The highest BCUT2D eigenvalue weighted by Gasteiger charge is 2.26. The van der Waals surface area contributed by atoms with Gasteiger partial charge in [-0.05, 0) is 48.7 Å². The second-order valence-corrected chi connectivity index (χ2v) is 7.57. The molecule has 1 fully saturated rings. The van der Waals surface area contributed by atoms with Gasteiger partial charge in [-0.3, -0.25) is 14.4 Å². The molecule has 4 rings (SSSR count). The van der Waals surface area contributed by atoms with Crippen LogP contribution in [0, 0.1) is 0 Å². The number of hydrogen-bond acceptors (Lipinski definition) is 3. The molecule has 0 saturated carbocycles. The Morgan fingerprint density at radius 3 is 2.07 bits per heavy atom. The summed E-state index contributed by atoms with van der Waals surface area (Å²) < 4.78 is 0. The summed E-state index contributed by atoms with van der Waals surface area (Å²) in [4.78, 5) is 42.9. The van der Waals surface area contributed by atoms with Crippen molar-refractivity contribution in [2.24, 2.45) is 0 Å². The Kier molecular flexibility index (Phi) is 5.34. The molecule has 0 radical (unpaired) electrons. The number of rotatable bonds is 2. The molecule has 0 unspecified atom stereocenters. The van der Waals surface area contributed by atoms with Gasteiger partial charge in [-0.2, -0.15) is 0 Å². The normalized spacial score (nSPS) is 16.4. The lowest BCUT2D eigenvalue weighted by atomic mass is 10.1. The van der Waals surface area contributed by atoms with E-state index < -0.39 is 0 Å². The Morgan fingerprint density at radius 1 is 0.759 bits per heavy atom. The lowest BCUT2D eigenvalue weighted by Crippen LogP contribution is -2.37. The van der Waals surface area contributed by atoms with E-state index in [9.17, 15) is 14.4 Å². The van der Waals surface area contributed by atoms with Crippen LogP contribution in [0.1, 0.15) is 39.6 Å². The van der Waals surface area contributed by atoms with Crippen molar-refractivity contribution in [1.82, 2.24) is 9.80 Å². The average Bonchev–Trinajstić information content (AvgIpc) is 3.02. The van der Waals surface area contributed by atoms with Gasteiger partial charge >= 0.3 is 0 Å². The molecule has 1 saturated heterocycles. The van der Waals surface area contributed by atoms with Crippen molar-refractivity contribution in [2.75, 3.05) is 37.6 Å². The van der Waals surface area contributed by atoms with Crippen LogP contribution < -0.4 is 4.90 Å². The van der Waals surface area contributed by atoms with Gasteiger partial charge in [0.25, 0.3) is 11.8 Å². The van der Waals surface area contributed by atoms with Crippen molar-refractivity contribution in [3.8, 4) is 0 Å². The average molecular weight is 391 g/mol. The number of hydrogen-bond donors (Lipinski definition) is 0. The molecule has 0 atom stereocenters. The highest BCUT2D eigenvalue weighted by atomic mass is 16.2. The van der Waals surface area contributed by atoms with Crippen LogP contribution in [-0.2, 0) is 11.2 Å². The van der Waals surface area contributed by atoms with Crippen molar-refractivity contribution < 1.29 is 14.4 Å². The van der Waals surface area contributed by atoms with Gasteiger partial charge in [-0.1, -0.05) is 18.2 Å². The minimum Gasteiger partial charge on any atom is -0.337 e. The summed E-state index contributed by atoms with van der Waals surface area (Å²) in [6.07, 6.45) is 1.53. The van der Waals surface area contributed by atoms with Crippen LogP contribution in [0.25, 0.3) is 0 Å². The lowest BCUT2D eigenvalue weighted by Gasteiger charge is -2.23. The Balaban J connectivity index is 1.44. The van der Waals surface area contributed by atoms with E-state index in [0.29, 0.717) is 43.9 Å². The smallest absolute Gasteiger partial charge is 0.253 e. The van der Waals surface area contributed by atoms with Gasteiger partial charge in [0.05, 0.1) is 0 Å². The molecule has 0 aliphatic carbocycles. The lowest BCUT2D eigenvalue weighted by molar-refractivity contribution is -0.116. The molecule has 2 heterocycles. The molecule has 6 heteroatoms. The Morgan fingerprint density at radius 2 is 1.41 bits per heavy atom. The van der Waals surface area contributed by atoms with Gasteiger partial charge in [0.15, 0.2) is 0 Å². The van der Waals surface area contributed by atoms with Crippen LogP contribution in [0.15, 0.2) is 48.5 Å². The summed E-state index contributed by atoms with van der Waals surface area (Å²) >= 11 is 0. The number of carbonyl (C=O) groups is 3. The first-order valence-electron chi connectivity index (χ1n) is 10.1. The van der Waals surface area contributed by atoms with Gasteiger partial charge in [0, 0.05) is 56.5 Å². The maximum atomic E-state index is 13.1. The van der Waals surface area contributed by atoms with E-state index in [1.807, 2.05) is 52.3 Å². The fourth-order valence-electron chi connectivity index (χ4n) is 4.13. The molecule has 3 amide bonds. The van der Waals surface area contributed by atoms with Crippen LogP contribution >= 0.6 is 0 Å². The molecule has 2 aliphatic heterocycles. The molecule has 0 N–H and O–H groups in total. The molecular formula is C23H25N3O3. The third-order valence-corrected chi connectivity index (χ3v) is 5.69. The third kappa shape index (κ3) is 3.88. The standard InChI is InChI=1S/C23H25N3O3/c1-17(27)26-13-10-19-16-20(8-9-21(19)26)23(29)25-12-5-11-24(14-15-25)22(28)18-6-3-2-4-7-18/h2-4,6-9,16H,5,10-15H2,1H3. The fraction of sp³-hybridized carbons (Fsp3) is 0.348. The fourth-order valence-corrected chi connectivity index (χ4v) is 4.13. The first kappa shape index (κ1) is 19.2. The zero-order valence-electron chi connectivity index (χ0n) is 16.6. The zero-order valence-corrected chi connectivity index (χ0v) is 16.6. The molecule has 150 valence electrons. The topological polar surface area (TPSA) is 60.9 Å². The summed E-state index contributed by atoms with van der Waals surface area (Å²) in [6.45, 7) is 4.57. The van der Waals surface area contributed by atoms with Crippen molar-refractivity contribution in [3.05, 3.63) is 65.2 Å². The Labute approximate surface area is 170 Å². The van der Waals surface area contributed by atoms with E-state index in [2.05, 4.69) is 0 Å². The minimum atomic E-state index is -0.0110. The predicted octanol–water partition coefficient (Wildman–Crippen LogP) is 2.58. The minimum absolute atomic E-state index is 0.0110. The summed E-state index contributed by atoms with van der Waals surface area (Å²) in [5.41, 5.74) is 3.28. The zero-order chi connectivity index (χ0) is 20.4. The molecule has 2 aromatic carbocycles. The number of fused-ring (bicyclic) bond motifs is 1.